The second-order valence-electron chi connectivity index (χ2n) is 14.8. The van der Waals surface area contributed by atoms with E-state index < -0.39 is 58.6 Å². The largest absolute Gasteiger partial charge is 0.508 e. The summed E-state index contributed by atoms with van der Waals surface area (Å²) in [6.45, 7) is 5.26. The van der Waals surface area contributed by atoms with Crippen molar-refractivity contribution in [2.24, 2.45) is 11.8 Å². The Morgan fingerprint density at radius 2 is 1.62 bits per heavy atom. The SMILES string of the molecule is CCN(CC)[C@@H]1c2onc(OCc3ccccc3)c2C(=O)[C@@]2(O)C(O)=C3C(=O)c4c(OCc5ccccc5)cc(C5CCN5C)c(C(F)(F)F)c4C[C@H]3C[C@@H]12. The average Bonchev–Trinajstić information content (AvgIpc) is 3.59. The van der Waals surface area contributed by atoms with Gasteiger partial charge in [0.2, 0.25) is 5.78 Å². The monoisotopic (exact) mass is 757 g/mol. The number of ether oxygens (including phenoxy) is 2. The zero-order chi connectivity index (χ0) is 38.8. The minimum Gasteiger partial charge on any atom is -0.508 e. The number of alkyl halides is 3. The Balaban J connectivity index is 1.28. The van der Waals surface area contributed by atoms with E-state index in [4.69, 9.17) is 14.0 Å². The van der Waals surface area contributed by atoms with Crippen LogP contribution in [0.15, 0.2) is 82.6 Å². The standard InChI is InChI=1S/C42H42F3N3O7/c1-4-48(5-2)35-28-19-25-18-27-32(30(53-21-23-12-8-6-9-13-23)20-26(29-16-17-47(29)3)34(27)42(43,44)45)36(49)31(25)38(50)41(28,52)39(51)33-37(35)55-46-40(33)54-22-24-14-10-7-11-15-24/h6-15,20,25,28-29,35,50,52H,4-5,16-19,21-22H2,1-3H3/t25-,28-,29?,35-,41-/m0/s1. The van der Waals surface area contributed by atoms with E-state index in [1.165, 1.54) is 6.07 Å². The predicted molar refractivity (Wildman–Crippen MR) is 194 cm³/mol. The van der Waals surface area contributed by atoms with E-state index in [0.29, 0.717) is 26.1 Å². The highest BCUT2D eigenvalue weighted by Gasteiger charge is 2.64. The molecule has 4 aromatic rings. The molecule has 55 heavy (non-hydrogen) atoms. The molecule has 1 aliphatic heterocycles. The number of hydrogen-bond acceptors (Lipinski definition) is 10. The Morgan fingerprint density at radius 3 is 2.18 bits per heavy atom. The van der Waals surface area contributed by atoms with Crippen LogP contribution in [-0.4, -0.2) is 69.0 Å². The van der Waals surface area contributed by atoms with Gasteiger partial charge in [-0.3, -0.25) is 19.4 Å². The highest BCUT2D eigenvalue weighted by Crippen LogP contribution is 2.58. The summed E-state index contributed by atoms with van der Waals surface area (Å²) < 4.78 is 63.9. The number of ketones is 2. The van der Waals surface area contributed by atoms with Crippen LogP contribution in [0.4, 0.5) is 13.2 Å². The molecule has 3 aliphatic carbocycles. The van der Waals surface area contributed by atoms with Crippen molar-refractivity contribution in [1.82, 2.24) is 15.0 Å². The number of carbonyl (C=O) groups is 2. The Bertz CT molecular complexity index is 2170. The molecular weight excluding hydrogens is 715 g/mol. The third-order valence-corrected chi connectivity index (χ3v) is 11.9. The fraction of sp³-hybridized carbons (Fsp3) is 0.405. The van der Waals surface area contributed by atoms with Gasteiger partial charge in [-0.2, -0.15) is 13.2 Å². The first kappa shape index (κ1) is 37.0. The van der Waals surface area contributed by atoms with E-state index in [9.17, 15) is 19.8 Å². The fourth-order valence-electron chi connectivity index (χ4n) is 9.14. The van der Waals surface area contributed by atoms with Crippen molar-refractivity contribution in [2.75, 3.05) is 26.7 Å². The van der Waals surface area contributed by atoms with Crippen molar-refractivity contribution in [3.05, 3.63) is 123 Å². The van der Waals surface area contributed by atoms with E-state index in [2.05, 4.69) is 5.16 Å². The van der Waals surface area contributed by atoms with E-state index in [-0.39, 0.29) is 71.3 Å². The highest BCUT2D eigenvalue weighted by molar-refractivity contribution is 6.16. The van der Waals surface area contributed by atoms with E-state index >= 15 is 13.2 Å². The van der Waals surface area contributed by atoms with Gasteiger partial charge in [-0.1, -0.05) is 74.5 Å². The van der Waals surface area contributed by atoms with Crippen molar-refractivity contribution in [3.8, 4) is 11.6 Å². The lowest BCUT2D eigenvalue weighted by atomic mass is 9.58. The van der Waals surface area contributed by atoms with Crippen LogP contribution in [0.5, 0.6) is 11.6 Å². The fourth-order valence-corrected chi connectivity index (χ4v) is 9.14. The van der Waals surface area contributed by atoms with Gasteiger partial charge in [0.25, 0.3) is 5.88 Å². The zero-order valence-corrected chi connectivity index (χ0v) is 30.7. The topological polar surface area (TPSA) is 126 Å². The molecule has 1 aromatic heterocycles. The zero-order valence-electron chi connectivity index (χ0n) is 30.7. The maximum absolute atomic E-state index is 15.3. The second kappa shape index (κ2) is 13.9. The van der Waals surface area contributed by atoms with Gasteiger partial charge < -0.3 is 24.2 Å². The van der Waals surface area contributed by atoms with E-state index in [0.717, 1.165) is 11.1 Å². The summed E-state index contributed by atoms with van der Waals surface area (Å²) in [5.41, 5.74) is -2.94. The number of nitrogens with zero attached hydrogens (tertiary/aromatic N) is 3. The number of rotatable bonds is 10. The van der Waals surface area contributed by atoms with Gasteiger partial charge >= 0.3 is 6.18 Å². The molecule has 3 aromatic carbocycles. The lowest BCUT2D eigenvalue weighted by Gasteiger charge is -2.50. The van der Waals surface area contributed by atoms with Crippen LogP contribution in [0.3, 0.4) is 0 Å². The smallest absolute Gasteiger partial charge is 0.417 e. The van der Waals surface area contributed by atoms with Crippen LogP contribution in [0.2, 0.25) is 0 Å². The van der Waals surface area contributed by atoms with Gasteiger partial charge in [0.15, 0.2) is 17.1 Å². The number of fused-ring (bicyclic) bond motifs is 4. The van der Waals surface area contributed by atoms with Crippen molar-refractivity contribution < 1.29 is 47.0 Å². The van der Waals surface area contributed by atoms with Crippen LogP contribution in [-0.2, 0) is 25.8 Å². The van der Waals surface area contributed by atoms with Gasteiger partial charge in [-0.15, -0.1) is 0 Å². The molecule has 13 heteroatoms. The quantitative estimate of drug-likeness (QED) is 0.169. The molecule has 0 spiro atoms. The normalized spacial score (nSPS) is 24.9. The van der Waals surface area contributed by atoms with Crippen molar-refractivity contribution in [2.45, 2.75) is 70.2 Å². The molecule has 0 amide bonds. The predicted octanol–water partition coefficient (Wildman–Crippen LogP) is 7.43. The number of allylic oxidation sites excluding steroid dienone is 1. The third kappa shape index (κ3) is 5.94. The Hall–Kier alpha value is -4.98. The second-order valence-corrected chi connectivity index (χ2v) is 14.8. The number of Topliss-reactive ketones (excluding diaryl/α,β-unsaturated/α-hetero) is 2. The van der Waals surface area contributed by atoms with Gasteiger partial charge in [-0.25, -0.2) is 0 Å². The summed E-state index contributed by atoms with van der Waals surface area (Å²) in [6.07, 6.45) is -4.69. The molecule has 0 saturated carbocycles. The number of aromatic nitrogens is 1. The van der Waals surface area contributed by atoms with E-state index in [1.54, 1.807) is 31.3 Å². The van der Waals surface area contributed by atoms with Crippen LogP contribution >= 0.6 is 0 Å². The number of halogens is 3. The summed E-state index contributed by atoms with van der Waals surface area (Å²) in [4.78, 5) is 33.2. The number of hydrogen-bond donors (Lipinski definition) is 2. The molecule has 5 atom stereocenters. The molecule has 1 saturated heterocycles. The van der Waals surface area contributed by atoms with Crippen LogP contribution < -0.4 is 9.47 Å². The maximum atomic E-state index is 15.3. The number of aliphatic hydroxyl groups excluding tert-OH is 1. The van der Waals surface area contributed by atoms with Gasteiger partial charge in [-0.05, 0) is 78.8 Å². The summed E-state index contributed by atoms with van der Waals surface area (Å²) in [5.74, 6) is -4.90. The number of carbonyl (C=O) groups excluding carboxylic acids is 2. The molecule has 4 aliphatic rings. The van der Waals surface area contributed by atoms with Crippen molar-refractivity contribution >= 4 is 11.6 Å². The third-order valence-electron chi connectivity index (χ3n) is 11.9. The first-order valence-corrected chi connectivity index (χ1v) is 18.7. The Kier molecular flexibility index (Phi) is 9.38. The summed E-state index contributed by atoms with van der Waals surface area (Å²) in [6, 6.07) is 18.1. The number of aliphatic hydroxyl groups is 2. The van der Waals surface area contributed by atoms with E-state index in [1.807, 2.05) is 60.0 Å². The molecule has 0 radical (unpaired) electrons. The van der Waals surface area contributed by atoms with Crippen LogP contribution in [0, 0.1) is 11.8 Å². The van der Waals surface area contributed by atoms with Crippen LogP contribution in [0.1, 0.15) is 93.1 Å². The molecule has 2 N–H and O–H groups in total. The first-order valence-electron chi connectivity index (χ1n) is 18.7. The number of benzene rings is 3. The van der Waals surface area contributed by atoms with Crippen molar-refractivity contribution in [3.63, 3.8) is 0 Å². The number of likely N-dealkylation sites (tertiary alicyclic amines) is 1. The van der Waals surface area contributed by atoms with Gasteiger partial charge in [0.1, 0.15) is 30.3 Å². The minimum absolute atomic E-state index is 0.0290. The van der Waals surface area contributed by atoms with Crippen LogP contribution in [0.25, 0.3) is 0 Å². The molecular formula is C42H42F3N3O7. The molecule has 10 nitrogen and oxygen atoms in total. The van der Waals surface area contributed by atoms with Crippen molar-refractivity contribution in [1.29, 1.82) is 0 Å². The minimum atomic E-state index is -4.82. The Morgan fingerprint density at radius 1 is 0.982 bits per heavy atom. The molecule has 2 heterocycles. The molecule has 8 rings (SSSR count). The lowest BCUT2D eigenvalue weighted by molar-refractivity contribution is -0.140. The molecule has 288 valence electrons. The molecule has 1 unspecified atom stereocenters. The summed E-state index contributed by atoms with van der Waals surface area (Å²) in [5, 5.41) is 28.9. The highest BCUT2D eigenvalue weighted by atomic mass is 19.4. The summed E-state index contributed by atoms with van der Waals surface area (Å²) >= 11 is 0. The average molecular weight is 758 g/mol. The lowest BCUT2D eigenvalue weighted by Crippen LogP contribution is -2.60. The molecule has 1 fully saturated rings. The summed E-state index contributed by atoms with van der Waals surface area (Å²) in [7, 11) is 1.76. The molecule has 0 bridgehead atoms. The Labute approximate surface area is 316 Å². The van der Waals surface area contributed by atoms with Gasteiger partial charge in [0, 0.05) is 24.1 Å². The maximum Gasteiger partial charge on any atom is 0.417 e. The van der Waals surface area contributed by atoms with Gasteiger partial charge in [0.05, 0.1) is 17.2 Å². The first-order chi connectivity index (χ1) is 26.4.